The monoisotopic (exact) mass is 447 g/mol. The van der Waals surface area contributed by atoms with Crippen molar-refractivity contribution in [1.82, 2.24) is 4.57 Å². The zero-order chi connectivity index (χ0) is 23.1. The van der Waals surface area contributed by atoms with E-state index in [0.717, 1.165) is 6.54 Å². The van der Waals surface area contributed by atoms with Gasteiger partial charge in [0.05, 0.1) is 13.1 Å². The van der Waals surface area contributed by atoms with E-state index in [1.165, 1.54) is 148 Å². The van der Waals surface area contributed by atoms with E-state index in [9.17, 15) is 0 Å². The lowest BCUT2D eigenvalue weighted by Crippen LogP contribution is -2.37. The van der Waals surface area contributed by atoms with E-state index in [2.05, 4.69) is 42.3 Å². The van der Waals surface area contributed by atoms with E-state index in [1.54, 1.807) is 5.82 Å². The number of hydrogen-bond donors (Lipinski definition) is 0. The molecular formula is C30H59N2+. The highest BCUT2D eigenvalue weighted by Crippen LogP contribution is 2.14. The van der Waals surface area contributed by atoms with Gasteiger partial charge < -0.3 is 0 Å². The van der Waals surface area contributed by atoms with Crippen LogP contribution < -0.4 is 4.57 Å². The summed E-state index contributed by atoms with van der Waals surface area (Å²) in [6.07, 6.45) is 35.9. The van der Waals surface area contributed by atoms with Crippen molar-refractivity contribution >= 4 is 0 Å². The molecule has 1 heterocycles. The molecule has 0 saturated carbocycles. The molecule has 188 valence electrons. The first-order valence-electron chi connectivity index (χ1n) is 14.9. The summed E-state index contributed by atoms with van der Waals surface area (Å²) in [5, 5.41) is 0. The van der Waals surface area contributed by atoms with Gasteiger partial charge in [0.2, 0.25) is 0 Å². The molecule has 0 aliphatic rings. The van der Waals surface area contributed by atoms with Crippen LogP contribution in [0.25, 0.3) is 0 Å². The van der Waals surface area contributed by atoms with Crippen molar-refractivity contribution in [3.63, 3.8) is 0 Å². The number of rotatable bonds is 24. The van der Waals surface area contributed by atoms with Crippen LogP contribution >= 0.6 is 0 Å². The van der Waals surface area contributed by atoms with Crippen LogP contribution in [0.5, 0.6) is 0 Å². The Kier molecular flexibility index (Phi) is 20.1. The van der Waals surface area contributed by atoms with Gasteiger partial charge in [-0.05, 0) is 26.2 Å². The Morgan fingerprint density at radius 3 is 1.38 bits per heavy atom. The van der Waals surface area contributed by atoms with Crippen LogP contribution in [0, 0.1) is 0 Å². The average Bonchev–Trinajstić information content (AvgIpc) is 3.20. The molecule has 0 spiro atoms. The summed E-state index contributed by atoms with van der Waals surface area (Å²) in [5.74, 6) is 1.57. The molecule has 0 aromatic carbocycles. The van der Waals surface area contributed by atoms with Gasteiger partial charge in [0.1, 0.15) is 12.4 Å². The lowest BCUT2D eigenvalue weighted by molar-refractivity contribution is -0.704. The van der Waals surface area contributed by atoms with Crippen molar-refractivity contribution in [2.75, 3.05) is 0 Å². The number of nitrogens with zero attached hydrogens (tertiary/aromatic N) is 2. The molecular weight excluding hydrogens is 388 g/mol. The van der Waals surface area contributed by atoms with E-state index >= 15 is 0 Å². The van der Waals surface area contributed by atoms with Gasteiger partial charge in [0, 0.05) is 6.42 Å². The molecule has 0 unspecified atom stereocenters. The highest BCUT2D eigenvalue weighted by molar-refractivity contribution is 4.83. The molecule has 0 aliphatic carbocycles. The van der Waals surface area contributed by atoms with Crippen molar-refractivity contribution in [3.8, 4) is 0 Å². The van der Waals surface area contributed by atoms with Crippen LogP contribution in [0.2, 0.25) is 0 Å². The minimum absolute atomic E-state index is 1.11. The summed E-state index contributed by atoms with van der Waals surface area (Å²) < 4.78 is 5.02. The Labute approximate surface area is 202 Å². The fourth-order valence-corrected chi connectivity index (χ4v) is 4.99. The fraction of sp³-hybridized carbons (Fsp3) is 0.900. The van der Waals surface area contributed by atoms with Crippen molar-refractivity contribution in [2.24, 2.45) is 0 Å². The van der Waals surface area contributed by atoms with Gasteiger partial charge in [-0.3, -0.25) is 0 Å². The first-order chi connectivity index (χ1) is 15.8. The van der Waals surface area contributed by atoms with Crippen LogP contribution in [-0.4, -0.2) is 4.57 Å². The molecule has 0 bridgehead atoms. The van der Waals surface area contributed by atoms with Gasteiger partial charge in [0.25, 0.3) is 5.82 Å². The summed E-state index contributed by atoms with van der Waals surface area (Å²) in [6, 6.07) is 0. The molecule has 0 N–H and O–H groups in total. The van der Waals surface area contributed by atoms with Crippen LogP contribution in [-0.2, 0) is 19.5 Å². The molecule has 0 amide bonds. The number of hydrogen-bond acceptors (Lipinski definition) is 0. The summed E-state index contributed by atoms with van der Waals surface area (Å²) in [4.78, 5) is 0. The largest absolute Gasteiger partial charge is 0.256 e. The van der Waals surface area contributed by atoms with Gasteiger partial charge in [-0.1, -0.05) is 129 Å². The molecule has 0 radical (unpaired) electrons. The van der Waals surface area contributed by atoms with Crippen LogP contribution in [0.3, 0.4) is 0 Å². The summed E-state index contributed by atoms with van der Waals surface area (Å²) >= 11 is 0. The molecule has 1 aromatic rings. The SMILES string of the molecule is CCCCCCCCCCCCCCCCCc1n(CC)cc[n+]1CCCCCCCC. The van der Waals surface area contributed by atoms with E-state index in [0.29, 0.717) is 0 Å². The number of imidazole rings is 1. The molecule has 0 saturated heterocycles. The predicted molar refractivity (Wildman–Crippen MR) is 142 cm³/mol. The second kappa shape index (κ2) is 22.0. The zero-order valence-corrected chi connectivity index (χ0v) is 22.5. The smallest absolute Gasteiger partial charge is 0.235 e. The fourth-order valence-electron chi connectivity index (χ4n) is 4.99. The maximum absolute atomic E-state index is 2.55. The minimum Gasteiger partial charge on any atom is -0.235 e. The van der Waals surface area contributed by atoms with Crippen LogP contribution in [0.15, 0.2) is 12.4 Å². The minimum atomic E-state index is 1.11. The van der Waals surface area contributed by atoms with Gasteiger partial charge in [-0.2, -0.15) is 0 Å². The van der Waals surface area contributed by atoms with E-state index in [4.69, 9.17) is 0 Å². The normalized spacial score (nSPS) is 11.5. The molecule has 1 aromatic heterocycles. The molecule has 1 rings (SSSR count). The van der Waals surface area contributed by atoms with Crippen molar-refractivity contribution in [2.45, 2.75) is 175 Å². The average molecular weight is 448 g/mol. The molecule has 32 heavy (non-hydrogen) atoms. The van der Waals surface area contributed by atoms with Gasteiger partial charge in [0.15, 0.2) is 0 Å². The van der Waals surface area contributed by atoms with E-state index in [-0.39, 0.29) is 0 Å². The Bertz CT molecular complexity index is 505. The van der Waals surface area contributed by atoms with Crippen molar-refractivity contribution < 1.29 is 4.57 Å². The van der Waals surface area contributed by atoms with E-state index in [1.807, 2.05) is 0 Å². The van der Waals surface area contributed by atoms with Crippen molar-refractivity contribution in [1.29, 1.82) is 0 Å². The highest BCUT2D eigenvalue weighted by atomic mass is 15.1. The quantitative estimate of drug-likeness (QED) is 0.110. The van der Waals surface area contributed by atoms with Crippen LogP contribution in [0.1, 0.15) is 161 Å². The maximum atomic E-state index is 2.55. The Balaban J connectivity index is 2.01. The standard InChI is InChI=1S/C30H59N2/c1-4-7-9-11-13-14-15-16-17-18-19-20-21-22-24-26-30-31(6-3)28-29-32(30)27-25-23-12-10-8-5-2/h28-29H,4-27H2,1-3H3/q+1. The first kappa shape index (κ1) is 29.2. The number of aryl methyl sites for hydroxylation is 2. The Morgan fingerprint density at radius 2 is 0.938 bits per heavy atom. The maximum Gasteiger partial charge on any atom is 0.256 e. The topological polar surface area (TPSA) is 8.81 Å². The lowest BCUT2D eigenvalue weighted by atomic mass is 10.0. The predicted octanol–water partition coefficient (Wildman–Crippen LogP) is 9.57. The zero-order valence-electron chi connectivity index (χ0n) is 22.5. The summed E-state index contributed by atoms with van der Waals surface area (Å²) in [7, 11) is 0. The third kappa shape index (κ3) is 15.1. The Hall–Kier alpha value is -0.790. The van der Waals surface area contributed by atoms with Gasteiger partial charge >= 0.3 is 0 Å². The number of unbranched alkanes of at least 4 members (excludes halogenated alkanes) is 19. The highest BCUT2D eigenvalue weighted by Gasteiger charge is 2.15. The first-order valence-corrected chi connectivity index (χ1v) is 14.9. The van der Waals surface area contributed by atoms with Crippen LogP contribution in [0.4, 0.5) is 0 Å². The summed E-state index contributed by atoms with van der Waals surface area (Å²) in [5.41, 5.74) is 0. The van der Waals surface area contributed by atoms with Crippen molar-refractivity contribution in [3.05, 3.63) is 18.2 Å². The Morgan fingerprint density at radius 1 is 0.531 bits per heavy atom. The third-order valence-corrected chi connectivity index (χ3v) is 7.19. The second-order valence-electron chi connectivity index (χ2n) is 10.2. The van der Waals surface area contributed by atoms with E-state index < -0.39 is 0 Å². The molecule has 0 atom stereocenters. The molecule has 0 fully saturated rings. The molecule has 0 aliphatic heterocycles. The van der Waals surface area contributed by atoms with Gasteiger partial charge in [-0.25, -0.2) is 9.13 Å². The summed E-state index contributed by atoms with van der Waals surface area (Å²) in [6.45, 7) is 9.21. The van der Waals surface area contributed by atoms with Gasteiger partial charge in [-0.15, -0.1) is 0 Å². The third-order valence-electron chi connectivity index (χ3n) is 7.19. The molecule has 2 heteroatoms. The lowest BCUT2D eigenvalue weighted by Gasteiger charge is -2.06. The second-order valence-corrected chi connectivity index (χ2v) is 10.2. The molecule has 2 nitrogen and oxygen atoms in total. The number of aromatic nitrogens is 2.